The van der Waals surface area contributed by atoms with Crippen LogP contribution in [0.1, 0.15) is 4.88 Å². The molecule has 21 heavy (non-hydrogen) atoms. The van der Waals surface area contributed by atoms with E-state index < -0.39 is 0 Å². The minimum atomic E-state index is 0.699. The van der Waals surface area contributed by atoms with Crippen LogP contribution in [-0.4, -0.2) is 19.1 Å². The van der Waals surface area contributed by atoms with Crippen LogP contribution in [0.2, 0.25) is 5.02 Å². The summed E-state index contributed by atoms with van der Waals surface area (Å²) in [5, 5.41) is 5.41. The average Bonchev–Trinajstić information content (AvgIpc) is 2.82. The molecule has 0 aliphatic heterocycles. The molecule has 5 heteroatoms. The van der Waals surface area contributed by atoms with Crippen LogP contribution in [0.5, 0.6) is 0 Å². The fourth-order valence-electron chi connectivity index (χ4n) is 2.27. The maximum atomic E-state index is 6.47. The van der Waals surface area contributed by atoms with Crippen LogP contribution in [0.15, 0.2) is 42.7 Å². The third kappa shape index (κ3) is 2.82. The van der Waals surface area contributed by atoms with E-state index in [9.17, 15) is 0 Å². The molecule has 0 saturated heterocycles. The van der Waals surface area contributed by atoms with Gasteiger partial charge < -0.3 is 10.2 Å². The third-order valence-electron chi connectivity index (χ3n) is 3.32. The molecule has 2 heterocycles. The van der Waals surface area contributed by atoms with Crippen LogP contribution >= 0.6 is 22.9 Å². The van der Waals surface area contributed by atoms with Crippen molar-refractivity contribution in [3.8, 4) is 0 Å². The Morgan fingerprint density at radius 2 is 2.05 bits per heavy atom. The Morgan fingerprint density at radius 1 is 1.24 bits per heavy atom. The van der Waals surface area contributed by atoms with Crippen LogP contribution in [0.25, 0.3) is 10.1 Å². The van der Waals surface area contributed by atoms with Gasteiger partial charge in [0.15, 0.2) is 0 Å². The molecule has 1 aromatic carbocycles. The van der Waals surface area contributed by atoms with Crippen molar-refractivity contribution >= 4 is 44.4 Å². The van der Waals surface area contributed by atoms with Crippen LogP contribution < -0.4 is 10.2 Å². The summed E-state index contributed by atoms with van der Waals surface area (Å²) in [7, 11) is 4.04. The second-order valence-electron chi connectivity index (χ2n) is 4.98. The summed E-state index contributed by atoms with van der Waals surface area (Å²) in [6, 6.07) is 10.2. The molecule has 0 unspecified atom stereocenters. The first-order valence-corrected chi connectivity index (χ1v) is 7.87. The molecule has 0 atom stereocenters. The summed E-state index contributed by atoms with van der Waals surface area (Å²) in [6.07, 6.45) is 3.64. The van der Waals surface area contributed by atoms with Gasteiger partial charge in [0.1, 0.15) is 0 Å². The van der Waals surface area contributed by atoms with Crippen LogP contribution in [-0.2, 0) is 6.54 Å². The van der Waals surface area contributed by atoms with Gasteiger partial charge in [0.25, 0.3) is 0 Å². The van der Waals surface area contributed by atoms with E-state index in [-0.39, 0.29) is 0 Å². The molecule has 3 rings (SSSR count). The molecule has 0 amide bonds. The number of anilines is 2. The van der Waals surface area contributed by atoms with Gasteiger partial charge in [-0.3, -0.25) is 4.98 Å². The predicted octanol–water partition coefficient (Wildman–Crippen LogP) is 4.63. The molecule has 108 valence electrons. The highest BCUT2D eigenvalue weighted by Gasteiger charge is 2.10. The number of pyridine rings is 1. The normalized spacial score (nSPS) is 10.8. The van der Waals surface area contributed by atoms with Gasteiger partial charge in [-0.25, -0.2) is 0 Å². The van der Waals surface area contributed by atoms with Crippen molar-refractivity contribution < 1.29 is 0 Å². The van der Waals surface area contributed by atoms with Gasteiger partial charge in [0, 0.05) is 35.3 Å². The second-order valence-corrected chi connectivity index (χ2v) is 6.49. The minimum Gasteiger partial charge on any atom is -0.377 e. The van der Waals surface area contributed by atoms with E-state index in [0.717, 1.165) is 26.7 Å². The Bertz CT molecular complexity index is 767. The van der Waals surface area contributed by atoms with E-state index in [1.807, 2.05) is 38.5 Å². The van der Waals surface area contributed by atoms with E-state index in [0.29, 0.717) is 6.54 Å². The topological polar surface area (TPSA) is 28.2 Å². The van der Waals surface area contributed by atoms with E-state index >= 15 is 0 Å². The van der Waals surface area contributed by atoms with E-state index in [1.165, 1.54) is 4.70 Å². The molecule has 3 nitrogen and oxygen atoms in total. The highest BCUT2D eigenvalue weighted by Crippen LogP contribution is 2.36. The molecular formula is C16H16ClN3S. The van der Waals surface area contributed by atoms with Crippen molar-refractivity contribution in [2.24, 2.45) is 0 Å². The SMILES string of the molecule is CN(C)c1ccncc1NCc1sc2ccccc2c1Cl. The number of nitrogens with zero attached hydrogens (tertiary/aromatic N) is 2. The molecule has 3 aromatic rings. The third-order valence-corrected chi connectivity index (χ3v) is 5.04. The zero-order valence-corrected chi connectivity index (χ0v) is 13.5. The van der Waals surface area contributed by atoms with Gasteiger partial charge in [-0.1, -0.05) is 29.8 Å². The van der Waals surface area contributed by atoms with Gasteiger partial charge in [-0.15, -0.1) is 11.3 Å². The molecule has 0 bridgehead atoms. The first kappa shape index (κ1) is 14.2. The van der Waals surface area contributed by atoms with Crippen LogP contribution in [0.4, 0.5) is 11.4 Å². The van der Waals surface area contributed by atoms with Crippen LogP contribution in [0.3, 0.4) is 0 Å². The molecule has 2 aromatic heterocycles. The minimum absolute atomic E-state index is 0.699. The summed E-state index contributed by atoms with van der Waals surface area (Å²) >= 11 is 8.20. The molecule has 0 aliphatic rings. The lowest BCUT2D eigenvalue weighted by atomic mass is 10.2. The summed E-state index contributed by atoms with van der Waals surface area (Å²) in [6.45, 7) is 0.699. The lowest BCUT2D eigenvalue weighted by Gasteiger charge is -2.17. The summed E-state index contributed by atoms with van der Waals surface area (Å²) in [5.74, 6) is 0. The number of benzene rings is 1. The predicted molar refractivity (Wildman–Crippen MR) is 92.7 cm³/mol. The van der Waals surface area contributed by atoms with Crippen molar-refractivity contribution in [1.82, 2.24) is 4.98 Å². The Hall–Kier alpha value is -1.78. The Kier molecular flexibility index (Phi) is 3.99. The summed E-state index contributed by atoms with van der Waals surface area (Å²) < 4.78 is 1.22. The van der Waals surface area contributed by atoms with Gasteiger partial charge in [-0.05, 0) is 12.1 Å². The second kappa shape index (κ2) is 5.92. The number of rotatable bonds is 4. The summed E-state index contributed by atoms with van der Waals surface area (Å²) in [4.78, 5) is 7.40. The van der Waals surface area contributed by atoms with Gasteiger partial charge in [0.2, 0.25) is 0 Å². The number of thiophene rings is 1. The Labute approximate surface area is 133 Å². The molecule has 0 fully saturated rings. The highest BCUT2D eigenvalue weighted by molar-refractivity contribution is 7.19. The lowest BCUT2D eigenvalue weighted by Crippen LogP contribution is -2.12. The molecule has 0 saturated carbocycles. The quantitative estimate of drug-likeness (QED) is 0.760. The fraction of sp³-hybridized carbons (Fsp3) is 0.188. The first-order valence-electron chi connectivity index (χ1n) is 6.68. The van der Waals surface area contributed by atoms with E-state index in [2.05, 4.69) is 27.3 Å². The number of hydrogen-bond donors (Lipinski definition) is 1. The molecule has 0 aliphatic carbocycles. The van der Waals surface area contributed by atoms with Gasteiger partial charge in [-0.2, -0.15) is 0 Å². The molecular weight excluding hydrogens is 302 g/mol. The fourth-order valence-corrected chi connectivity index (χ4v) is 3.71. The maximum absolute atomic E-state index is 6.47. The zero-order chi connectivity index (χ0) is 14.8. The number of halogens is 1. The Balaban J connectivity index is 1.85. The summed E-state index contributed by atoms with van der Waals surface area (Å²) in [5.41, 5.74) is 2.12. The molecule has 1 N–H and O–H groups in total. The van der Waals surface area contributed by atoms with Gasteiger partial charge >= 0.3 is 0 Å². The van der Waals surface area contributed by atoms with Crippen molar-refractivity contribution in [2.75, 3.05) is 24.3 Å². The average molecular weight is 318 g/mol. The largest absolute Gasteiger partial charge is 0.377 e. The van der Waals surface area contributed by atoms with E-state index in [1.54, 1.807) is 17.5 Å². The van der Waals surface area contributed by atoms with Crippen molar-refractivity contribution in [1.29, 1.82) is 0 Å². The lowest BCUT2D eigenvalue weighted by molar-refractivity contribution is 1.10. The van der Waals surface area contributed by atoms with E-state index in [4.69, 9.17) is 11.6 Å². The van der Waals surface area contributed by atoms with Crippen molar-refractivity contribution in [2.45, 2.75) is 6.54 Å². The molecule has 0 radical (unpaired) electrons. The van der Waals surface area contributed by atoms with Gasteiger partial charge in [0.05, 0.1) is 29.1 Å². The maximum Gasteiger partial charge on any atom is 0.0767 e. The number of hydrogen-bond acceptors (Lipinski definition) is 4. The zero-order valence-electron chi connectivity index (χ0n) is 11.9. The Morgan fingerprint density at radius 3 is 2.81 bits per heavy atom. The monoisotopic (exact) mass is 317 g/mol. The first-order chi connectivity index (χ1) is 10.2. The van der Waals surface area contributed by atoms with Crippen LogP contribution in [0, 0.1) is 0 Å². The number of fused-ring (bicyclic) bond motifs is 1. The number of aromatic nitrogens is 1. The highest BCUT2D eigenvalue weighted by atomic mass is 35.5. The number of nitrogens with one attached hydrogen (secondary N) is 1. The van der Waals surface area contributed by atoms with Crippen molar-refractivity contribution in [3.05, 3.63) is 52.6 Å². The standard InChI is InChI=1S/C16H16ClN3S/c1-20(2)13-7-8-18-9-12(13)19-10-15-16(17)11-5-3-4-6-14(11)21-15/h3-9,19H,10H2,1-2H3. The van der Waals surface area contributed by atoms with Crippen molar-refractivity contribution in [3.63, 3.8) is 0 Å². The smallest absolute Gasteiger partial charge is 0.0767 e. The molecule has 0 spiro atoms.